The summed E-state index contributed by atoms with van der Waals surface area (Å²) in [5.41, 5.74) is 6.06. The maximum atomic E-state index is 13.0. The van der Waals surface area contributed by atoms with Gasteiger partial charge in [-0.05, 0) is 6.07 Å². The van der Waals surface area contributed by atoms with Crippen molar-refractivity contribution < 1.29 is 13.2 Å². The molecule has 112 valence electrons. The number of nitrogens with zero attached hydrogens (tertiary/aromatic N) is 3. The maximum Gasteiger partial charge on any atom is 0.270 e. The fourth-order valence-corrected chi connectivity index (χ4v) is 2.44. The number of nitrogen functional groups attached to an aromatic ring is 1. The molecule has 0 radical (unpaired) electrons. The Balaban J connectivity index is 1.91. The Bertz CT molecular complexity index is 452. The monoisotopic (exact) mass is 308 g/mol. The fourth-order valence-electron chi connectivity index (χ4n) is 2.15. The highest BCUT2D eigenvalue weighted by molar-refractivity contribution is 6.33. The summed E-state index contributed by atoms with van der Waals surface area (Å²) in [4.78, 5) is 7.79. The zero-order valence-electron chi connectivity index (χ0n) is 10.8. The second-order valence-electron chi connectivity index (χ2n) is 4.71. The van der Waals surface area contributed by atoms with E-state index in [4.69, 9.17) is 17.3 Å². The molecule has 4 nitrogen and oxygen atoms in total. The number of piperazine rings is 1. The molecule has 2 rings (SSSR count). The Morgan fingerprint density at radius 1 is 1.25 bits per heavy atom. The second-order valence-corrected chi connectivity index (χ2v) is 5.12. The van der Waals surface area contributed by atoms with Crippen molar-refractivity contribution in [2.45, 2.75) is 12.6 Å². The molecule has 20 heavy (non-hydrogen) atoms. The summed E-state index contributed by atoms with van der Waals surface area (Å²) < 4.78 is 37.3. The molecule has 0 bridgehead atoms. The van der Waals surface area contributed by atoms with Gasteiger partial charge in [0, 0.05) is 32.7 Å². The van der Waals surface area contributed by atoms with E-state index in [0.29, 0.717) is 42.7 Å². The lowest BCUT2D eigenvalue weighted by Crippen LogP contribution is -2.49. The van der Waals surface area contributed by atoms with Crippen LogP contribution in [-0.2, 0) is 0 Å². The second kappa shape index (κ2) is 6.49. The molecule has 0 aromatic carbocycles. The molecule has 0 aliphatic carbocycles. The third-order valence-electron chi connectivity index (χ3n) is 3.22. The minimum Gasteiger partial charge on any atom is -0.397 e. The number of hydrogen-bond donors (Lipinski definition) is 1. The first kappa shape index (κ1) is 15.2. The van der Waals surface area contributed by atoms with Gasteiger partial charge in [-0.25, -0.2) is 18.2 Å². The van der Waals surface area contributed by atoms with Gasteiger partial charge in [-0.2, -0.15) is 0 Å². The van der Waals surface area contributed by atoms with E-state index in [9.17, 15) is 13.2 Å². The minimum absolute atomic E-state index is 0.242. The predicted octanol–water partition coefficient (Wildman–Crippen LogP) is 2.04. The number of aromatic nitrogens is 1. The standard InChI is InChI=1S/C12H16ClF3N4/c13-9-5-8(17)6-18-12(9)20-3-1-19(2-4-20)7-10(14)11(15)16/h5-6,10-11H,1-4,7,17H2. The van der Waals surface area contributed by atoms with Crippen LogP contribution < -0.4 is 10.6 Å². The molecular formula is C12H16ClF3N4. The fraction of sp³-hybridized carbons (Fsp3) is 0.583. The molecule has 1 aliphatic rings. The first-order chi connectivity index (χ1) is 9.47. The third-order valence-corrected chi connectivity index (χ3v) is 3.50. The van der Waals surface area contributed by atoms with E-state index < -0.39 is 12.6 Å². The van der Waals surface area contributed by atoms with Crippen LogP contribution in [0.4, 0.5) is 24.7 Å². The van der Waals surface area contributed by atoms with Crippen LogP contribution in [0.3, 0.4) is 0 Å². The summed E-state index contributed by atoms with van der Waals surface area (Å²) in [6, 6.07) is 1.62. The van der Waals surface area contributed by atoms with Crippen LogP contribution in [-0.4, -0.2) is 55.2 Å². The topological polar surface area (TPSA) is 45.4 Å². The van der Waals surface area contributed by atoms with Crippen LogP contribution in [0.1, 0.15) is 0 Å². The number of anilines is 2. The molecule has 0 amide bonds. The summed E-state index contributed by atoms with van der Waals surface area (Å²) in [6.07, 6.45) is -3.51. The average molecular weight is 309 g/mol. The van der Waals surface area contributed by atoms with Gasteiger partial charge < -0.3 is 10.6 Å². The minimum atomic E-state index is -2.93. The number of alkyl halides is 3. The average Bonchev–Trinajstić information content (AvgIpc) is 2.40. The molecule has 1 aromatic rings. The molecule has 1 unspecified atom stereocenters. The zero-order chi connectivity index (χ0) is 14.7. The lowest BCUT2D eigenvalue weighted by molar-refractivity contribution is 0.0266. The molecule has 1 fully saturated rings. The van der Waals surface area contributed by atoms with Gasteiger partial charge in [-0.3, -0.25) is 4.90 Å². The molecule has 2 N–H and O–H groups in total. The highest BCUT2D eigenvalue weighted by Gasteiger charge is 2.26. The van der Waals surface area contributed by atoms with Gasteiger partial charge in [0.1, 0.15) is 5.82 Å². The summed E-state index contributed by atoms with van der Waals surface area (Å²) >= 11 is 6.07. The summed E-state index contributed by atoms with van der Waals surface area (Å²) in [6.45, 7) is 1.87. The number of rotatable bonds is 4. The summed E-state index contributed by atoms with van der Waals surface area (Å²) in [7, 11) is 0. The van der Waals surface area contributed by atoms with Gasteiger partial charge in [0.25, 0.3) is 6.43 Å². The molecule has 1 aliphatic heterocycles. The van der Waals surface area contributed by atoms with E-state index in [0.717, 1.165) is 0 Å². The van der Waals surface area contributed by atoms with Crippen molar-refractivity contribution >= 4 is 23.1 Å². The van der Waals surface area contributed by atoms with Crippen LogP contribution in [0.5, 0.6) is 0 Å². The summed E-state index contributed by atoms with van der Waals surface area (Å²) in [5, 5.41) is 0.453. The normalized spacial score (nSPS) is 18.6. The molecule has 8 heteroatoms. The van der Waals surface area contributed by atoms with E-state index in [1.165, 1.54) is 6.20 Å². The van der Waals surface area contributed by atoms with Gasteiger partial charge in [0.2, 0.25) is 0 Å². The molecule has 0 spiro atoms. The van der Waals surface area contributed by atoms with Crippen molar-refractivity contribution in [1.82, 2.24) is 9.88 Å². The Hall–Kier alpha value is -1.21. The number of halogens is 4. The SMILES string of the molecule is Nc1cnc(N2CCN(CC(F)C(F)F)CC2)c(Cl)c1. The first-order valence-electron chi connectivity index (χ1n) is 6.28. The first-order valence-corrected chi connectivity index (χ1v) is 6.65. The van der Waals surface area contributed by atoms with Crippen LogP contribution in [0, 0.1) is 0 Å². The van der Waals surface area contributed by atoms with Gasteiger partial charge in [-0.15, -0.1) is 0 Å². The van der Waals surface area contributed by atoms with Crippen LogP contribution in [0.2, 0.25) is 5.02 Å². The van der Waals surface area contributed by atoms with Gasteiger partial charge in [0.15, 0.2) is 6.17 Å². The Kier molecular flexibility index (Phi) is 4.93. The molecule has 1 saturated heterocycles. The van der Waals surface area contributed by atoms with Gasteiger partial charge in [0.05, 0.1) is 16.9 Å². The van der Waals surface area contributed by atoms with Crippen molar-refractivity contribution in [3.8, 4) is 0 Å². The molecule has 2 heterocycles. The number of pyridine rings is 1. The smallest absolute Gasteiger partial charge is 0.270 e. The van der Waals surface area contributed by atoms with Crippen molar-refractivity contribution in [1.29, 1.82) is 0 Å². The number of hydrogen-bond acceptors (Lipinski definition) is 4. The van der Waals surface area contributed by atoms with E-state index in [-0.39, 0.29) is 6.54 Å². The summed E-state index contributed by atoms with van der Waals surface area (Å²) in [5.74, 6) is 0.617. The lowest BCUT2D eigenvalue weighted by atomic mass is 10.2. The molecule has 1 atom stereocenters. The zero-order valence-corrected chi connectivity index (χ0v) is 11.5. The lowest BCUT2D eigenvalue weighted by Gasteiger charge is -2.36. The predicted molar refractivity (Wildman–Crippen MR) is 73.2 cm³/mol. The van der Waals surface area contributed by atoms with Gasteiger partial charge in [-0.1, -0.05) is 11.6 Å². The van der Waals surface area contributed by atoms with Crippen molar-refractivity contribution in [3.05, 3.63) is 17.3 Å². The Labute approximate surface area is 120 Å². The van der Waals surface area contributed by atoms with E-state index in [2.05, 4.69) is 4.98 Å². The molecule has 0 saturated carbocycles. The third kappa shape index (κ3) is 3.67. The Morgan fingerprint density at radius 3 is 2.45 bits per heavy atom. The van der Waals surface area contributed by atoms with E-state index in [1.54, 1.807) is 11.0 Å². The number of nitrogens with two attached hydrogens (primary N) is 1. The molecular weight excluding hydrogens is 293 g/mol. The quantitative estimate of drug-likeness (QED) is 0.924. The highest BCUT2D eigenvalue weighted by Crippen LogP contribution is 2.25. The maximum absolute atomic E-state index is 13.0. The van der Waals surface area contributed by atoms with Crippen LogP contribution in [0.25, 0.3) is 0 Å². The Morgan fingerprint density at radius 2 is 1.90 bits per heavy atom. The molecule has 1 aromatic heterocycles. The van der Waals surface area contributed by atoms with Crippen molar-refractivity contribution in [2.75, 3.05) is 43.4 Å². The van der Waals surface area contributed by atoms with E-state index >= 15 is 0 Å². The van der Waals surface area contributed by atoms with E-state index in [1.807, 2.05) is 4.90 Å². The van der Waals surface area contributed by atoms with Gasteiger partial charge >= 0.3 is 0 Å². The van der Waals surface area contributed by atoms with Crippen molar-refractivity contribution in [2.24, 2.45) is 0 Å². The highest BCUT2D eigenvalue weighted by atomic mass is 35.5. The largest absolute Gasteiger partial charge is 0.397 e. The van der Waals surface area contributed by atoms with Crippen LogP contribution in [0.15, 0.2) is 12.3 Å². The van der Waals surface area contributed by atoms with Crippen LogP contribution >= 0.6 is 11.6 Å². The van der Waals surface area contributed by atoms with Crippen molar-refractivity contribution in [3.63, 3.8) is 0 Å².